The number of hydrogen-bond acceptors (Lipinski definition) is 2. The monoisotopic (exact) mass is 283 g/mol. The van der Waals surface area contributed by atoms with Crippen LogP contribution in [-0.2, 0) is 4.74 Å². The van der Waals surface area contributed by atoms with Gasteiger partial charge >= 0.3 is 5.97 Å². The maximum Gasteiger partial charge on any atom is 0.338 e. The van der Waals surface area contributed by atoms with Crippen LogP contribution in [0.1, 0.15) is 17.3 Å². The maximum absolute atomic E-state index is 13.5. The van der Waals surface area contributed by atoms with E-state index < -0.39 is 11.8 Å². The van der Waals surface area contributed by atoms with Crippen molar-refractivity contribution >= 4 is 16.9 Å². The Morgan fingerprint density at radius 3 is 2.76 bits per heavy atom. The van der Waals surface area contributed by atoms with Gasteiger partial charge in [-0.15, -0.1) is 0 Å². The predicted molar refractivity (Wildman–Crippen MR) is 79.6 cm³/mol. The van der Waals surface area contributed by atoms with Crippen molar-refractivity contribution in [2.24, 2.45) is 0 Å². The first kappa shape index (κ1) is 13.4. The molecule has 0 aliphatic heterocycles. The van der Waals surface area contributed by atoms with Gasteiger partial charge in [0.2, 0.25) is 0 Å². The van der Waals surface area contributed by atoms with E-state index in [9.17, 15) is 9.18 Å². The molecule has 3 aromatic rings. The molecule has 0 radical (unpaired) electrons. The van der Waals surface area contributed by atoms with Crippen molar-refractivity contribution in [2.45, 2.75) is 6.92 Å². The van der Waals surface area contributed by atoms with E-state index in [1.165, 1.54) is 12.1 Å². The van der Waals surface area contributed by atoms with Crippen molar-refractivity contribution in [3.05, 3.63) is 59.9 Å². The molecule has 0 fully saturated rings. The number of benzene rings is 2. The first-order valence-corrected chi connectivity index (χ1v) is 6.74. The minimum absolute atomic E-state index is 0.225. The molecule has 3 nitrogen and oxygen atoms in total. The van der Waals surface area contributed by atoms with Crippen LogP contribution in [0.2, 0.25) is 0 Å². The van der Waals surface area contributed by atoms with Crippen molar-refractivity contribution in [3.63, 3.8) is 0 Å². The topological polar surface area (TPSA) is 42.1 Å². The van der Waals surface area contributed by atoms with Crippen LogP contribution in [0.15, 0.2) is 48.5 Å². The van der Waals surface area contributed by atoms with Crippen LogP contribution in [0, 0.1) is 5.82 Å². The zero-order valence-corrected chi connectivity index (χ0v) is 11.5. The molecule has 1 aromatic heterocycles. The van der Waals surface area contributed by atoms with Crippen LogP contribution in [0.4, 0.5) is 4.39 Å². The Morgan fingerprint density at radius 2 is 2.00 bits per heavy atom. The van der Waals surface area contributed by atoms with E-state index >= 15 is 0 Å². The van der Waals surface area contributed by atoms with Crippen LogP contribution in [0.25, 0.3) is 22.2 Å². The average Bonchev–Trinajstić information content (AvgIpc) is 2.91. The summed E-state index contributed by atoms with van der Waals surface area (Å²) in [7, 11) is 0. The molecular formula is C17H14FNO2. The van der Waals surface area contributed by atoms with Crippen LogP contribution < -0.4 is 0 Å². The number of aromatic nitrogens is 1. The van der Waals surface area contributed by atoms with Crippen molar-refractivity contribution in [2.75, 3.05) is 6.61 Å². The average molecular weight is 283 g/mol. The van der Waals surface area contributed by atoms with E-state index in [1.54, 1.807) is 13.0 Å². The molecule has 106 valence electrons. The molecule has 21 heavy (non-hydrogen) atoms. The number of H-pyrrole nitrogens is 1. The number of esters is 1. The van der Waals surface area contributed by atoms with Crippen LogP contribution in [-0.4, -0.2) is 17.6 Å². The number of carbonyl (C=O) groups is 1. The molecule has 0 saturated heterocycles. The van der Waals surface area contributed by atoms with Crippen molar-refractivity contribution in [1.82, 2.24) is 4.98 Å². The summed E-state index contributed by atoms with van der Waals surface area (Å²) in [6.45, 7) is 1.97. The minimum Gasteiger partial charge on any atom is -0.462 e. The molecule has 1 N–H and O–H groups in total. The number of ether oxygens (including phenoxy) is 1. The number of carbonyl (C=O) groups excluding carboxylic acids is 1. The zero-order chi connectivity index (χ0) is 14.8. The van der Waals surface area contributed by atoms with E-state index in [0.29, 0.717) is 5.56 Å². The lowest BCUT2D eigenvalue weighted by atomic mass is 10.0. The van der Waals surface area contributed by atoms with Gasteiger partial charge in [0.15, 0.2) is 0 Å². The fraction of sp³-hybridized carbons (Fsp3) is 0.118. The van der Waals surface area contributed by atoms with Gasteiger partial charge in [0.25, 0.3) is 0 Å². The Morgan fingerprint density at radius 1 is 1.19 bits per heavy atom. The second-order valence-corrected chi connectivity index (χ2v) is 4.68. The Hall–Kier alpha value is -2.62. The van der Waals surface area contributed by atoms with Crippen LogP contribution >= 0.6 is 0 Å². The summed E-state index contributed by atoms with van der Waals surface area (Å²) in [6, 6.07) is 13.9. The minimum atomic E-state index is -0.523. The van der Waals surface area contributed by atoms with Gasteiger partial charge < -0.3 is 9.72 Å². The van der Waals surface area contributed by atoms with Crippen LogP contribution in [0.5, 0.6) is 0 Å². The summed E-state index contributed by atoms with van der Waals surface area (Å²) in [4.78, 5) is 15.2. The van der Waals surface area contributed by atoms with E-state index in [-0.39, 0.29) is 12.2 Å². The standard InChI is InChI=1S/C17H14FNO2/c1-2-21-17(20)14-10-12(18)7-8-13(14)16-9-11-5-3-4-6-15(11)19-16/h3-10,19H,2H2,1H3. The summed E-state index contributed by atoms with van der Waals surface area (Å²) in [5.74, 6) is -0.983. The van der Waals surface area contributed by atoms with Crippen molar-refractivity contribution in [1.29, 1.82) is 0 Å². The SMILES string of the molecule is CCOC(=O)c1cc(F)ccc1-c1cc2ccccc2[nH]1. The third-order valence-electron chi connectivity index (χ3n) is 3.30. The molecule has 0 amide bonds. The van der Waals surface area contributed by atoms with E-state index in [4.69, 9.17) is 4.74 Å². The fourth-order valence-electron chi connectivity index (χ4n) is 2.35. The number of nitrogens with one attached hydrogen (secondary N) is 1. The number of hydrogen-bond donors (Lipinski definition) is 1. The van der Waals surface area contributed by atoms with Gasteiger partial charge in [-0.25, -0.2) is 9.18 Å². The molecule has 1 heterocycles. The first-order valence-electron chi connectivity index (χ1n) is 6.74. The van der Waals surface area contributed by atoms with Crippen LogP contribution in [0.3, 0.4) is 0 Å². The largest absolute Gasteiger partial charge is 0.462 e. The van der Waals surface area contributed by atoms with Crippen molar-refractivity contribution < 1.29 is 13.9 Å². The normalized spacial score (nSPS) is 10.8. The summed E-state index contributed by atoms with van der Waals surface area (Å²) >= 11 is 0. The van der Waals surface area contributed by atoms with Gasteiger partial charge in [-0.1, -0.05) is 18.2 Å². The van der Waals surface area contributed by atoms with E-state index in [1.807, 2.05) is 30.3 Å². The highest BCUT2D eigenvalue weighted by Crippen LogP contribution is 2.28. The highest BCUT2D eigenvalue weighted by atomic mass is 19.1. The Bertz CT molecular complexity index is 774. The first-order chi connectivity index (χ1) is 10.2. The Kier molecular flexibility index (Phi) is 3.44. The number of rotatable bonds is 3. The molecular weight excluding hydrogens is 269 g/mol. The molecule has 0 bridgehead atoms. The number of para-hydroxylation sites is 1. The molecule has 0 atom stereocenters. The smallest absolute Gasteiger partial charge is 0.338 e. The summed E-state index contributed by atoms with van der Waals surface area (Å²) in [5, 5.41) is 1.03. The van der Waals surface area contributed by atoms with Crippen molar-refractivity contribution in [3.8, 4) is 11.3 Å². The van der Waals surface area contributed by atoms with Gasteiger partial charge in [-0.05, 0) is 37.3 Å². The molecule has 2 aromatic carbocycles. The highest BCUT2D eigenvalue weighted by molar-refractivity contribution is 5.98. The molecule has 0 saturated carbocycles. The zero-order valence-electron chi connectivity index (χ0n) is 11.5. The van der Waals surface area contributed by atoms with E-state index in [0.717, 1.165) is 16.6 Å². The highest BCUT2D eigenvalue weighted by Gasteiger charge is 2.16. The molecule has 4 heteroatoms. The third-order valence-corrected chi connectivity index (χ3v) is 3.30. The molecule has 0 spiro atoms. The van der Waals surface area contributed by atoms with Gasteiger partial charge in [-0.3, -0.25) is 0 Å². The molecule has 0 aliphatic rings. The maximum atomic E-state index is 13.5. The quantitative estimate of drug-likeness (QED) is 0.734. The summed E-state index contributed by atoms with van der Waals surface area (Å²) in [5.41, 5.74) is 2.58. The Labute approximate surface area is 121 Å². The second-order valence-electron chi connectivity index (χ2n) is 4.68. The lowest BCUT2D eigenvalue weighted by Gasteiger charge is -2.07. The fourth-order valence-corrected chi connectivity index (χ4v) is 2.35. The lowest BCUT2D eigenvalue weighted by Crippen LogP contribution is -2.07. The van der Waals surface area contributed by atoms with Gasteiger partial charge in [0, 0.05) is 22.2 Å². The number of aromatic amines is 1. The number of halogens is 1. The Balaban J connectivity index is 2.14. The van der Waals surface area contributed by atoms with Gasteiger partial charge in [0.05, 0.1) is 12.2 Å². The van der Waals surface area contributed by atoms with E-state index in [2.05, 4.69) is 4.98 Å². The second kappa shape index (κ2) is 5.40. The van der Waals surface area contributed by atoms with Gasteiger partial charge in [-0.2, -0.15) is 0 Å². The predicted octanol–water partition coefficient (Wildman–Crippen LogP) is 4.15. The molecule has 0 unspecified atom stereocenters. The summed E-state index contributed by atoms with van der Waals surface area (Å²) < 4.78 is 18.4. The lowest BCUT2D eigenvalue weighted by molar-refractivity contribution is 0.0526. The summed E-state index contributed by atoms with van der Waals surface area (Å²) in [6.07, 6.45) is 0. The van der Waals surface area contributed by atoms with Gasteiger partial charge in [0.1, 0.15) is 5.82 Å². The number of fused-ring (bicyclic) bond motifs is 1. The molecule has 3 rings (SSSR count). The third kappa shape index (κ3) is 2.52. The molecule has 0 aliphatic carbocycles.